The molecule has 1 atom stereocenters. The van der Waals surface area contributed by atoms with Gasteiger partial charge in [0.1, 0.15) is 5.76 Å². The Bertz CT molecular complexity index is 1980. The number of furan rings is 1. The molecule has 11 heteroatoms. The zero-order valence-corrected chi connectivity index (χ0v) is 25.1. The van der Waals surface area contributed by atoms with Gasteiger partial charge in [0.15, 0.2) is 15.1 Å². The van der Waals surface area contributed by atoms with Gasteiger partial charge >= 0.3 is 0 Å². The third-order valence-corrected chi connectivity index (χ3v) is 9.02. The number of rotatable bonds is 6. The van der Waals surface area contributed by atoms with Crippen LogP contribution in [0.3, 0.4) is 0 Å². The number of carbonyl (C=O) groups excluding carboxylic acids is 1. The van der Waals surface area contributed by atoms with E-state index in [1.807, 2.05) is 73.7 Å². The minimum Gasteiger partial charge on any atom is -0.449 e. The number of benzene rings is 2. The molecule has 0 fully saturated rings. The van der Waals surface area contributed by atoms with Crippen LogP contribution < -0.4 is 20.2 Å². The van der Waals surface area contributed by atoms with E-state index >= 15 is 0 Å². The number of nitrogens with zero attached hydrogens (tertiary/aromatic N) is 4. The summed E-state index contributed by atoms with van der Waals surface area (Å²) in [6, 6.07) is 21.7. The van der Waals surface area contributed by atoms with E-state index in [1.165, 1.54) is 23.1 Å². The Balaban J connectivity index is 1.41. The number of allylic oxidation sites excluding steroid dienone is 1. The first-order valence-electron chi connectivity index (χ1n) is 12.6. The number of hydrogen-bond acceptors (Lipinski definition) is 8. The van der Waals surface area contributed by atoms with Crippen molar-refractivity contribution in [1.29, 1.82) is 0 Å². The molecule has 204 valence electrons. The Hall–Kier alpha value is -4.06. The van der Waals surface area contributed by atoms with Gasteiger partial charge in [-0.3, -0.25) is 14.2 Å². The Morgan fingerprint density at radius 2 is 1.83 bits per heavy atom. The van der Waals surface area contributed by atoms with Crippen molar-refractivity contribution >= 4 is 56.7 Å². The monoisotopic (exact) mass is 643 g/mol. The number of thiazole rings is 1. The third-order valence-electron chi connectivity index (χ3n) is 6.32. The van der Waals surface area contributed by atoms with Crippen LogP contribution in [0.25, 0.3) is 6.08 Å². The number of anilines is 1. The van der Waals surface area contributed by atoms with Gasteiger partial charge in [0, 0.05) is 23.7 Å². The lowest BCUT2D eigenvalue weighted by atomic mass is 9.95. The van der Waals surface area contributed by atoms with Gasteiger partial charge in [0.25, 0.3) is 11.5 Å². The molecule has 1 aliphatic heterocycles. The molecule has 2 aromatic carbocycles. The number of hydrogen-bond donors (Lipinski definition) is 1. The summed E-state index contributed by atoms with van der Waals surface area (Å²) in [6.45, 7) is 3.70. The van der Waals surface area contributed by atoms with Crippen molar-refractivity contribution in [3.63, 3.8) is 0 Å². The molecule has 1 amide bonds. The Morgan fingerprint density at radius 1 is 1.10 bits per heavy atom. The summed E-state index contributed by atoms with van der Waals surface area (Å²) in [5, 5.41) is 4.10. The number of aromatic nitrogens is 3. The number of amides is 1. The van der Waals surface area contributed by atoms with Crippen LogP contribution in [0.15, 0.2) is 119 Å². The molecule has 6 rings (SSSR count). The van der Waals surface area contributed by atoms with Crippen LogP contribution in [0.2, 0.25) is 0 Å². The minimum atomic E-state index is -0.647. The lowest BCUT2D eigenvalue weighted by Gasteiger charge is -2.25. The number of para-hydroxylation sites is 1. The van der Waals surface area contributed by atoms with Crippen molar-refractivity contribution in [1.82, 2.24) is 14.5 Å². The van der Waals surface area contributed by atoms with E-state index in [2.05, 4.69) is 31.2 Å². The molecule has 5 aromatic rings. The molecule has 3 aromatic heterocycles. The van der Waals surface area contributed by atoms with Crippen LogP contribution in [0.5, 0.6) is 0 Å². The summed E-state index contributed by atoms with van der Waals surface area (Å²) < 4.78 is 8.79. The van der Waals surface area contributed by atoms with Crippen molar-refractivity contribution < 1.29 is 9.21 Å². The highest BCUT2D eigenvalue weighted by Crippen LogP contribution is 2.35. The zero-order valence-electron chi connectivity index (χ0n) is 21.9. The first kappa shape index (κ1) is 27.1. The fraction of sp³-hybridized carbons (Fsp3) is 0.100. The van der Waals surface area contributed by atoms with E-state index < -0.39 is 6.04 Å². The molecule has 1 aliphatic rings. The molecule has 0 spiro atoms. The van der Waals surface area contributed by atoms with Crippen molar-refractivity contribution in [2.45, 2.75) is 30.1 Å². The molecule has 41 heavy (non-hydrogen) atoms. The van der Waals surface area contributed by atoms with Gasteiger partial charge in [-0.1, -0.05) is 59.9 Å². The number of fused-ring (bicyclic) bond motifs is 1. The Labute approximate surface area is 251 Å². The van der Waals surface area contributed by atoms with Gasteiger partial charge in [-0.2, -0.15) is 0 Å². The summed E-state index contributed by atoms with van der Waals surface area (Å²) in [5.41, 5.74) is 3.03. The number of halogens is 1. The fourth-order valence-electron chi connectivity index (χ4n) is 4.48. The zero-order chi connectivity index (χ0) is 28.5. The average molecular weight is 645 g/mol. The summed E-state index contributed by atoms with van der Waals surface area (Å²) in [4.78, 5) is 41.4. The molecule has 1 N–H and O–H groups in total. The van der Waals surface area contributed by atoms with E-state index in [0.717, 1.165) is 15.7 Å². The summed E-state index contributed by atoms with van der Waals surface area (Å²) in [6.07, 6.45) is 3.39. The standard InChI is InChI=1S/C30H22BrN5O3S2/c1-17-13-14-32-29(33-17)41-28-22(31)15-21(39-28)16-23-27(38)36-25(19-9-5-3-6-10-19)24(18(2)34-30(36)40-23)26(37)35-20-11-7-4-8-12-20/h3-16,25H,1-2H3,(H,35,37)/b23-16+/t25-/m0/s1. The number of aryl methyl sites for hydroxylation is 1. The maximum Gasteiger partial charge on any atom is 0.271 e. The molecule has 0 bridgehead atoms. The highest BCUT2D eigenvalue weighted by atomic mass is 79.9. The van der Waals surface area contributed by atoms with Gasteiger partial charge in [0.05, 0.1) is 26.3 Å². The van der Waals surface area contributed by atoms with Gasteiger partial charge in [-0.25, -0.2) is 15.0 Å². The predicted octanol–water partition coefficient (Wildman–Crippen LogP) is 5.48. The van der Waals surface area contributed by atoms with Crippen molar-refractivity contribution in [3.8, 4) is 0 Å². The molecule has 4 heterocycles. The van der Waals surface area contributed by atoms with Crippen LogP contribution in [-0.4, -0.2) is 20.4 Å². The van der Waals surface area contributed by atoms with Crippen LogP contribution in [-0.2, 0) is 4.79 Å². The van der Waals surface area contributed by atoms with E-state index in [9.17, 15) is 9.59 Å². The van der Waals surface area contributed by atoms with E-state index in [0.29, 0.717) is 42.3 Å². The second-order valence-electron chi connectivity index (χ2n) is 9.18. The number of carbonyl (C=O) groups is 1. The Morgan fingerprint density at radius 3 is 2.56 bits per heavy atom. The van der Waals surface area contributed by atoms with Gasteiger partial charge in [-0.05, 0) is 71.4 Å². The van der Waals surface area contributed by atoms with E-state index in [4.69, 9.17) is 9.41 Å². The molecule has 0 saturated carbocycles. The lowest BCUT2D eigenvalue weighted by molar-refractivity contribution is -0.113. The van der Waals surface area contributed by atoms with Crippen molar-refractivity contribution in [2.24, 2.45) is 4.99 Å². The summed E-state index contributed by atoms with van der Waals surface area (Å²) >= 11 is 6.08. The van der Waals surface area contributed by atoms with Crippen LogP contribution in [0.1, 0.15) is 30.0 Å². The largest absolute Gasteiger partial charge is 0.449 e. The first-order chi connectivity index (χ1) is 19.9. The maximum atomic E-state index is 13.9. The van der Waals surface area contributed by atoms with Crippen LogP contribution in [0.4, 0.5) is 5.69 Å². The van der Waals surface area contributed by atoms with Crippen LogP contribution in [0, 0.1) is 6.92 Å². The van der Waals surface area contributed by atoms with Gasteiger partial charge in [0.2, 0.25) is 0 Å². The molecule has 0 radical (unpaired) electrons. The van der Waals surface area contributed by atoms with E-state index in [-0.39, 0.29) is 11.5 Å². The molecule has 0 aliphatic carbocycles. The van der Waals surface area contributed by atoms with Crippen LogP contribution >= 0.6 is 39.0 Å². The highest BCUT2D eigenvalue weighted by Gasteiger charge is 2.32. The second kappa shape index (κ2) is 11.4. The quantitative estimate of drug-likeness (QED) is 0.246. The normalized spacial score (nSPS) is 15.0. The van der Waals surface area contributed by atoms with Crippen molar-refractivity contribution in [3.05, 3.63) is 131 Å². The average Bonchev–Trinajstić information content (AvgIpc) is 3.46. The SMILES string of the molecule is CC1=C(C(=O)Nc2ccccc2)[C@H](c2ccccc2)n2c(s/c(=C/c3cc(Br)c(Sc4nccc(C)n4)o3)c2=O)=N1. The first-order valence-corrected chi connectivity index (χ1v) is 15.0. The molecule has 8 nitrogen and oxygen atoms in total. The number of nitrogens with one attached hydrogen (secondary N) is 1. The predicted molar refractivity (Wildman–Crippen MR) is 163 cm³/mol. The minimum absolute atomic E-state index is 0.260. The molecular formula is C30H22BrN5O3S2. The van der Waals surface area contributed by atoms with Gasteiger partial charge < -0.3 is 9.73 Å². The summed E-state index contributed by atoms with van der Waals surface area (Å²) in [7, 11) is 0. The third kappa shape index (κ3) is 5.61. The highest BCUT2D eigenvalue weighted by molar-refractivity contribution is 9.10. The Kier molecular flexibility index (Phi) is 7.57. The van der Waals surface area contributed by atoms with Gasteiger partial charge in [-0.15, -0.1) is 0 Å². The summed E-state index contributed by atoms with van der Waals surface area (Å²) in [5.74, 6) is 0.182. The molecule has 0 unspecified atom stereocenters. The fourth-order valence-corrected chi connectivity index (χ4v) is 6.82. The maximum absolute atomic E-state index is 13.9. The second-order valence-corrected chi connectivity index (χ2v) is 12.0. The topological polar surface area (TPSA) is 102 Å². The van der Waals surface area contributed by atoms with E-state index in [1.54, 1.807) is 29.8 Å². The lowest BCUT2D eigenvalue weighted by Crippen LogP contribution is -2.40. The molecular weight excluding hydrogens is 622 g/mol. The molecule has 0 saturated heterocycles. The van der Waals surface area contributed by atoms with Crippen molar-refractivity contribution in [2.75, 3.05) is 5.32 Å². The smallest absolute Gasteiger partial charge is 0.271 e.